The van der Waals surface area contributed by atoms with Crippen LogP contribution in [-0.4, -0.2) is 36.5 Å². The van der Waals surface area contributed by atoms with Gasteiger partial charge in [-0.3, -0.25) is 4.79 Å². The summed E-state index contributed by atoms with van der Waals surface area (Å²) >= 11 is 1.57. The fourth-order valence-corrected chi connectivity index (χ4v) is 4.55. The van der Waals surface area contributed by atoms with E-state index in [1.54, 1.807) is 11.3 Å². The maximum atomic E-state index is 12.5. The van der Waals surface area contributed by atoms with Gasteiger partial charge in [0.05, 0.1) is 4.88 Å². The molecule has 3 heterocycles. The maximum Gasteiger partial charge on any atom is 0.261 e. The summed E-state index contributed by atoms with van der Waals surface area (Å²) in [7, 11) is 0. The van der Waals surface area contributed by atoms with Gasteiger partial charge in [-0.05, 0) is 43.0 Å². The first-order chi connectivity index (χ1) is 10.8. The second-order valence-corrected chi connectivity index (χ2v) is 7.43. The smallest absolute Gasteiger partial charge is 0.261 e. The number of hydrogen-bond donors (Lipinski definition) is 1. The molecule has 2 aliphatic heterocycles. The van der Waals surface area contributed by atoms with Crippen LogP contribution in [0.5, 0.6) is 0 Å². The number of nitrogens with zero attached hydrogens (tertiary/aromatic N) is 1. The van der Waals surface area contributed by atoms with Gasteiger partial charge in [0.15, 0.2) is 0 Å². The van der Waals surface area contributed by atoms with Gasteiger partial charge in [0.1, 0.15) is 0 Å². The van der Waals surface area contributed by atoms with Gasteiger partial charge in [0.2, 0.25) is 0 Å². The lowest BCUT2D eigenvalue weighted by Gasteiger charge is -2.30. The predicted molar refractivity (Wildman–Crippen MR) is 90.2 cm³/mol. The third-order valence-corrected chi connectivity index (χ3v) is 5.82. The van der Waals surface area contributed by atoms with E-state index in [1.165, 1.54) is 25.1 Å². The number of thiophene rings is 1. The summed E-state index contributed by atoms with van der Waals surface area (Å²) in [5.41, 5.74) is 1.17. The summed E-state index contributed by atoms with van der Waals surface area (Å²) in [4.78, 5) is 16.9. The normalized spacial score (nSPS) is 26.8. The number of nitrogens with one attached hydrogen (secondary N) is 1. The van der Waals surface area contributed by atoms with Crippen molar-refractivity contribution in [2.75, 3.05) is 19.6 Å². The molecule has 0 saturated carbocycles. The van der Waals surface area contributed by atoms with E-state index in [2.05, 4.69) is 22.3 Å². The van der Waals surface area contributed by atoms with Crippen LogP contribution in [0.25, 0.3) is 10.4 Å². The van der Waals surface area contributed by atoms with Crippen molar-refractivity contribution in [3.8, 4) is 10.4 Å². The molecule has 0 radical (unpaired) electrons. The highest BCUT2D eigenvalue weighted by molar-refractivity contribution is 7.17. The summed E-state index contributed by atoms with van der Waals surface area (Å²) in [5.74, 6) is 0.863. The van der Waals surface area contributed by atoms with Crippen molar-refractivity contribution in [1.82, 2.24) is 10.2 Å². The molecule has 22 heavy (non-hydrogen) atoms. The zero-order valence-corrected chi connectivity index (χ0v) is 13.3. The molecule has 114 valence electrons. The molecule has 3 nitrogen and oxygen atoms in total. The van der Waals surface area contributed by atoms with Crippen LogP contribution >= 0.6 is 11.3 Å². The molecule has 2 aliphatic rings. The summed E-state index contributed by atoms with van der Waals surface area (Å²) < 4.78 is 0. The zero-order chi connectivity index (χ0) is 14.9. The van der Waals surface area contributed by atoms with Gasteiger partial charge in [-0.2, -0.15) is 0 Å². The first-order valence-electron chi connectivity index (χ1n) is 7.96. The first-order valence-corrected chi connectivity index (χ1v) is 8.78. The van der Waals surface area contributed by atoms with E-state index >= 15 is 0 Å². The number of hydrogen-bond acceptors (Lipinski definition) is 3. The molecule has 2 fully saturated rings. The number of benzene rings is 1. The standard InChI is InChI=1S/C18H20N2OS/c21-18(19-15-10-13-8-9-20(11-13)12-15)17-7-6-16(22-17)14-4-2-1-3-5-14/h1-7,13,15H,8-12H2,(H,19,21). The fraction of sp³-hybridized carbons (Fsp3) is 0.389. The Morgan fingerprint density at radius 2 is 2.00 bits per heavy atom. The lowest BCUT2D eigenvalue weighted by atomic mass is 9.97. The average Bonchev–Trinajstić information content (AvgIpc) is 3.15. The Balaban J connectivity index is 1.44. The number of piperidine rings is 1. The van der Waals surface area contributed by atoms with E-state index in [1.807, 2.05) is 30.3 Å². The summed E-state index contributed by atoms with van der Waals surface area (Å²) in [6.45, 7) is 3.44. The molecule has 4 heteroatoms. The van der Waals surface area contributed by atoms with Gasteiger partial charge in [-0.1, -0.05) is 30.3 Å². The van der Waals surface area contributed by atoms with Gasteiger partial charge in [0.25, 0.3) is 5.91 Å². The van der Waals surface area contributed by atoms with Crippen LogP contribution in [0.15, 0.2) is 42.5 Å². The van der Waals surface area contributed by atoms with Crippen molar-refractivity contribution in [2.24, 2.45) is 5.92 Å². The van der Waals surface area contributed by atoms with Crippen LogP contribution in [0.3, 0.4) is 0 Å². The van der Waals surface area contributed by atoms with Gasteiger partial charge in [-0.15, -0.1) is 11.3 Å². The van der Waals surface area contributed by atoms with Crippen molar-refractivity contribution in [3.05, 3.63) is 47.3 Å². The fourth-order valence-electron chi connectivity index (χ4n) is 3.64. The number of carbonyl (C=O) groups excluding carboxylic acids is 1. The van der Waals surface area contributed by atoms with E-state index in [-0.39, 0.29) is 5.91 Å². The Bertz CT molecular complexity index is 655. The van der Waals surface area contributed by atoms with Crippen LogP contribution in [0, 0.1) is 5.92 Å². The molecule has 2 aromatic rings. The molecule has 1 amide bonds. The Morgan fingerprint density at radius 3 is 2.82 bits per heavy atom. The molecule has 1 aromatic carbocycles. The molecule has 3 atom stereocenters. The summed E-state index contributed by atoms with van der Waals surface area (Å²) in [5, 5.41) is 3.23. The molecule has 1 N–H and O–H groups in total. The molecule has 2 saturated heterocycles. The first kappa shape index (κ1) is 14.0. The SMILES string of the molecule is O=C(NC1CC2CCN(C2)C1)c1ccc(-c2ccccc2)s1. The van der Waals surface area contributed by atoms with Gasteiger partial charge >= 0.3 is 0 Å². The van der Waals surface area contributed by atoms with Crippen molar-refractivity contribution in [3.63, 3.8) is 0 Å². The second kappa shape index (κ2) is 5.86. The monoisotopic (exact) mass is 312 g/mol. The Labute approximate surface area is 135 Å². The number of carbonyl (C=O) groups is 1. The Kier molecular flexibility index (Phi) is 3.72. The third kappa shape index (κ3) is 2.81. The minimum atomic E-state index is 0.0830. The van der Waals surface area contributed by atoms with E-state index in [0.29, 0.717) is 6.04 Å². The van der Waals surface area contributed by atoms with Crippen LogP contribution in [0.4, 0.5) is 0 Å². The summed E-state index contributed by atoms with van der Waals surface area (Å²) in [6, 6.07) is 14.5. The molecular weight excluding hydrogens is 292 g/mol. The average molecular weight is 312 g/mol. The highest BCUT2D eigenvalue weighted by Crippen LogP contribution is 2.29. The van der Waals surface area contributed by atoms with Crippen LogP contribution < -0.4 is 5.32 Å². The lowest BCUT2D eigenvalue weighted by molar-refractivity contribution is 0.0913. The van der Waals surface area contributed by atoms with Crippen molar-refractivity contribution in [2.45, 2.75) is 18.9 Å². The van der Waals surface area contributed by atoms with E-state index in [9.17, 15) is 4.79 Å². The molecule has 1 aromatic heterocycles. The highest BCUT2D eigenvalue weighted by Gasteiger charge is 2.33. The molecule has 3 unspecified atom stereocenters. The zero-order valence-electron chi connectivity index (χ0n) is 12.5. The quantitative estimate of drug-likeness (QED) is 0.943. The minimum Gasteiger partial charge on any atom is -0.347 e. The molecule has 2 bridgehead atoms. The van der Waals surface area contributed by atoms with Crippen LogP contribution in [0.1, 0.15) is 22.5 Å². The van der Waals surface area contributed by atoms with Crippen LogP contribution in [-0.2, 0) is 0 Å². The van der Waals surface area contributed by atoms with E-state index in [4.69, 9.17) is 0 Å². The minimum absolute atomic E-state index is 0.0830. The van der Waals surface area contributed by atoms with Gasteiger partial charge in [-0.25, -0.2) is 0 Å². The van der Waals surface area contributed by atoms with E-state index < -0.39 is 0 Å². The topological polar surface area (TPSA) is 32.3 Å². The molecular formula is C18H20N2OS. The van der Waals surface area contributed by atoms with Crippen molar-refractivity contribution < 1.29 is 4.79 Å². The summed E-state index contributed by atoms with van der Waals surface area (Å²) in [6.07, 6.45) is 2.43. The molecule has 4 rings (SSSR count). The Hall–Kier alpha value is -1.65. The number of rotatable bonds is 3. The van der Waals surface area contributed by atoms with Crippen molar-refractivity contribution >= 4 is 17.2 Å². The van der Waals surface area contributed by atoms with Crippen molar-refractivity contribution in [1.29, 1.82) is 0 Å². The molecule has 0 aliphatic carbocycles. The lowest BCUT2D eigenvalue weighted by Crippen LogP contribution is -2.46. The molecule has 0 spiro atoms. The Morgan fingerprint density at radius 1 is 1.14 bits per heavy atom. The largest absolute Gasteiger partial charge is 0.347 e. The maximum absolute atomic E-state index is 12.5. The van der Waals surface area contributed by atoms with Gasteiger partial charge < -0.3 is 10.2 Å². The number of amides is 1. The third-order valence-electron chi connectivity index (χ3n) is 4.69. The second-order valence-electron chi connectivity index (χ2n) is 6.35. The van der Waals surface area contributed by atoms with E-state index in [0.717, 1.165) is 28.6 Å². The highest BCUT2D eigenvalue weighted by atomic mass is 32.1. The van der Waals surface area contributed by atoms with Crippen LogP contribution in [0.2, 0.25) is 0 Å². The number of fused-ring (bicyclic) bond motifs is 2. The predicted octanol–water partition coefficient (Wildman–Crippen LogP) is 3.24. The van der Waals surface area contributed by atoms with Gasteiger partial charge in [0, 0.05) is 24.0 Å².